The Morgan fingerprint density at radius 2 is 2.00 bits per heavy atom. The maximum atomic E-state index is 14.0. The van der Waals surface area contributed by atoms with Gasteiger partial charge < -0.3 is 19.9 Å². The summed E-state index contributed by atoms with van der Waals surface area (Å²) in [6, 6.07) is 2.89. The molecular weight excluding hydrogens is 437 g/mol. The molecule has 3 heterocycles. The van der Waals surface area contributed by atoms with Crippen molar-refractivity contribution in [2.24, 2.45) is 5.41 Å². The van der Waals surface area contributed by atoms with Gasteiger partial charge in [-0.25, -0.2) is 18.2 Å². The van der Waals surface area contributed by atoms with Crippen LogP contribution in [0.3, 0.4) is 0 Å². The minimum Gasteiger partial charge on any atom is -0.434 e. The molecule has 0 atom stereocenters. The monoisotopic (exact) mass is 464 g/mol. The molecule has 178 valence electrons. The van der Waals surface area contributed by atoms with Crippen LogP contribution in [-0.4, -0.2) is 71.2 Å². The number of benzene rings is 1. The number of ether oxygens (including phenoxy) is 1. The normalized spacial score (nSPS) is 17.4. The Hall–Kier alpha value is -2.95. The number of amides is 1. The average Bonchev–Trinajstić information content (AvgIpc) is 2.77. The van der Waals surface area contributed by atoms with Crippen LogP contribution in [0, 0.1) is 11.2 Å². The molecule has 0 unspecified atom stereocenters. The highest BCUT2D eigenvalue weighted by Gasteiger charge is 2.45. The summed E-state index contributed by atoms with van der Waals surface area (Å²) in [6.07, 6.45) is 0.738. The number of rotatable bonds is 7. The van der Waals surface area contributed by atoms with Crippen molar-refractivity contribution in [3.63, 3.8) is 0 Å². The molecule has 0 saturated carbocycles. The van der Waals surface area contributed by atoms with Gasteiger partial charge in [-0.1, -0.05) is 0 Å². The maximum Gasteiger partial charge on any atom is 0.282 e. The number of nitrogens with zero attached hydrogens (tertiary/aromatic N) is 5. The molecule has 2 aliphatic rings. The highest BCUT2D eigenvalue weighted by Crippen LogP contribution is 2.43. The van der Waals surface area contributed by atoms with E-state index in [1.165, 1.54) is 12.4 Å². The quantitative estimate of drug-likeness (QED) is 0.674. The molecule has 33 heavy (non-hydrogen) atoms. The van der Waals surface area contributed by atoms with E-state index in [0.717, 1.165) is 56.1 Å². The molecule has 1 aromatic carbocycles. The fraction of sp³-hybridized carbons (Fsp3) is 0.545. The van der Waals surface area contributed by atoms with Crippen LogP contribution in [0.5, 0.6) is 11.6 Å². The summed E-state index contributed by atoms with van der Waals surface area (Å²) in [7, 11) is 0. The Morgan fingerprint density at radius 1 is 1.27 bits per heavy atom. The van der Waals surface area contributed by atoms with Crippen LogP contribution in [0.15, 0.2) is 24.5 Å². The summed E-state index contributed by atoms with van der Waals surface area (Å²) < 4.78 is 46.0. The van der Waals surface area contributed by atoms with Crippen molar-refractivity contribution in [1.82, 2.24) is 25.4 Å². The zero-order chi connectivity index (χ0) is 23.6. The zero-order valence-electron chi connectivity index (χ0n) is 18.6. The largest absolute Gasteiger partial charge is 0.434 e. The third-order valence-electron chi connectivity index (χ3n) is 6.19. The lowest BCUT2D eigenvalue weighted by Gasteiger charge is -2.52. The molecule has 0 bridgehead atoms. The van der Waals surface area contributed by atoms with Crippen molar-refractivity contribution in [2.45, 2.75) is 39.2 Å². The molecule has 1 N–H and O–H groups in total. The number of anilines is 1. The second-order valence-corrected chi connectivity index (χ2v) is 8.88. The van der Waals surface area contributed by atoms with Crippen molar-refractivity contribution < 1.29 is 22.7 Å². The van der Waals surface area contributed by atoms with Crippen LogP contribution >= 0.6 is 0 Å². The minimum absolute atomic E-state index is 0.00182. The van der Waals surface area contributed by atoms with Crippen molar-refractivity contribution in [3.8, 4) is 11.6 Å². The smallest absolute Gasteiger partial charge is 0.282 e. The van der Waals surface area contributed by atoms with Crippen LogP contribution in [0.25, 0.3) is 0 Å². The second kappa shape index (κ2) is 9.50. The molecule has 0 aliphatic carbocycles. The van der Waals surface area contributed by atoms with E-state index in [-0.39, 0.29) is 22.6 Å². The van der Waals surface area contributed by atoms with E-state index in [0.29, 0.717) is 5.82 Å². The first-order valence-corrected chi connectivity index (χ1v) is 11.0. The van der Waals surface area contributed by atoms with Crippen molar-refractivity contribution in [2.75, 3.05) is 37.6 Å². The first-order chi connectivity index (χ1) is 15.8. The summed E-state index contributed by atoms with van der Waals surface area (Å²) >= 11 is 0. The van der Waals surface area contributed by atoms with Gasteiger partial charge in [0.25, 0.3) is 18.2 Å². The number of alkyl halides is 2. The Labute approximate surface area is 190 Å². The van der Waals surface area contributed by atoms with E-state index in [9.17, 15) is 18.0 Å². The number of aromatic nitrogens is 3. The number of halogens is 3. The zero-order valence-corrected chi connectivity index (χ0v) is 18.6. The predicted octanol–water partition coefficient (Wildman–Crippen LogP) is 3.11. The van der Waals surface area contributed by atoms with Gasteiger partial charge in [0.15, 0.2) is 5.82 Å². The molecule has 2 saturated heterocycles. The third-order valence-corrected chi connectivity index (χ3v) is 6.19. The molecular formula is C22H27F3N6O2. The molecule has 8 nitrogen and oxygen atoms in total. The highest BCUT2D eigenvalue weighted by atomic mass is 19.3. The van der Waals surface area contributed by atoms with Gasteiger partial charge >= 0.3 is 0 Å². The lowest BCUT2D eigenvalue weighted by atomic mass is 9.72. The Kier molecular flexibility index (Phi) is 6.68. The van der Waals surface area contributed by atoms with Crippen LogP contribution < -0.4 is 15.0 Å². The molecule has 2 aliphatic heterocycles. The van der Waals surface area contributed by atoms with Crippen molar-refractivity contribution in [1.29, 1.82) is 0 Å². The van der Waals surface area contributed by atoms with Gasteiger partial charge in [0, 0.05) is 24.5 Å². The Morgan fingerprint density at radius 3 is 2.67 bits per heavy atom. The Bertz CT molecular complexity index is 992. The molecule has 2 fully saturated rings. The van der Waals surface area contributed by atoms with Crippen LogP contribution in [0.4, 0.5) is 19.0 Å². The lowest BCUT2D eigenvalue weighted by Crippen LogP contribution is -2.60. The Balaban J connectivity index is 1.59. The maximum absolute atomic E-state index is 14.0. The topological polar surface area (TPSA) is 83.5 Å². The molecule has 11 heteroatoms. The van der Waals surface area contributed by atoms with Gasteiger partial charge in [0.2, 0.25) is 0 Å². The fourth-order valence-corrected chi connectivity index (χ4v) is 4.42. The summed E-state index contributed by atoms with van der Waals surface area (Å²) in [4.78, 5) is 20.4. The van der Waals surface area contributed by atoms with Gasteiger partial charge in [0.05, 0.1) is 12.1 Å². The number of carbonyl (C=O) groups excluding carboxylic acids is 1. The first-order valence-electron chi connectivity index (χ1n) is 11.0. The van der Waals surface area contributed by atoms with E-state index < -0.39 is 30.7 Å². The molecule has 1 aromatic heterocycles. The lowest BCUT2D eigenvalue weighted by molar-refractivity contribution is 0.0473. The first kappa shape index (κ1) is 23.2. The predicted molar refractivity (Wildman–Crippen MR) is 115 cm³/mol. The van der Waals surface area contributed by atoms with Gasteiger partial charge in [-0.2, -0.15) is 0 Å². The molecule has 4 rings (SSSR count). The molecule has 1 spiro atoms. The minimum atomic E-state index is -2.72. The van der Waals surface area contributed by atoms with E-state index in [1.54, 1.807) is 13.8 Å². The molecule has 2 aromatic rings. The highest BCUT2D eigenvalue weighted by molar-refractivity contribution is 5.97. The van der Waals surface area contributed by atoms with Crippen molar-refractivity contribution in [3.05, 3.63) is 35.9 Å². The summed E-state index contributed by atoms with van der Waals surface area (Å²) in [5.41, 5.74) is 0.0664. The summed E-state index contributed by atoms with van der Waals surface area (Å²) in [6.45, 7) is 6.02. The van der Waals surface area contributed by atoms with Crippen molar-refractivity contribution >= 4 is 11.7 Å². The van der Waals surface area contributed by atoms with Crippen LogP contribution in [0.1, 0.15) is 37.0 Å². The van der Waals surface area contributed by atoms with Gasteiger partial charge in [0.1, 0.15) is 17.9 Å². The van der Waals surface area contributed by atoms with E-state index in [2.05, 4.69) is 20.5 Å². The number of piperidine rings is 1. The standard InChI is InChI=1S/C22H27F3N6O2/c1-14(2)31(10-18(24)25)21(32)16-9-15(23)3-4-17(16)33-20-19(27-13-28-29-20)30-11-22(12-30)5-7-26-8-6-22/h3-4,9,13-14,18,26H,5-8,10-12H2,1-2H3. The fourth-order valence-electron chi connectivity index (χ4n) is 4.42. The van der Waals surface area contributed by atoms with E-state index in [1.807, 2.05) is 4.90 Å². The van der Waals surface area contributed by atoms with E-state index in [4.69, 9.17) is 4.74 Å². The van der Waals surface area contributed by atoms with Crippen LogP contribution in [-0.2, 0) is 0 Å². The van der Waals surface area contributed by atoms with Gasteiger partial charge in [-0.05, 0) is 58.0 Å². The third kappa shape index (κ3) is 5.02. The van der Waals surface area contributed by atoms with Gasteiger partial charge in [-0.3, -0.25) is 4.79 Å². The number of nitrogens with one attached hydrogen (secondary N) is 1. The van der Waals surface area contributed by atoms with Crippen LogP contribution in [0.2, 0.25) is 0 Å². The second-order valence-electron chi connectivity index (χ2n) is 8.88. The number of carbonyl (C=O) groups is 1. The number of hydrogen-bond acceptors (Lipinski definition) is 7. The summed E-state index contributed by atoms with van der Waals surface area (Å²) in [5, 5.41) is 11.2. The SMILES string of the molecule is CC(C)N(CC(F)F)C(=O)c1cc(F)ccc1Oc1nncnc1N1CC2(CCNCC2)C1. The van der Waals surface area contributed by atoms with E-state index >= 15 is 0 Å². The number of hydrogen-bond donors (Lipinski definition) is 1. The summed E-state index contributed by atoms with van der Waals surface area (Å²) in [5.74, 6) is -0.880. The van der Waals surface area contributed by atoms with Gasteiger partial charge in [-0.15, -0.1) is 10.2 Å². The molecule has 1 amide bonds. The average molecular weight is 464 g/mol. The molecule has 0 radical (unpaired) electrons.